The van der Waals surface area contributed by atoms with E-state index in [9.17, 15) is 4.79 Å². The van der Waals surface area contributed by atoms with E-state index in [0.717, 1.165) is 6.42 Å². The first-order valence-electron chi connectivity index (χ1n) is 6.24. The van der Waals surface area contributed by atoms with Crippen LogP contribution in [-0.4, -0.2) is 19.2 Å². The lowest BCUT2D eigenvalue weighted by Crippen LogP contribution is -2.09. The highest BCUT2D eigenvalue weighted by molar-refractivity contribution is 5.95. The van der Waals surface area contributed by atoms with Gasteiger partial charge in [0, 0.05) is 5.69 Å². The summed E-state index contributed by atoms with van der Waals surface area (Å²) in [5.41, 5.74) is 6.51. The molecular formula is C14H21NO3. The molecule has 1 aromatic carbocycles. The molecule has 4 nitrogen and oxygen atoms in total. The van der Waals surface area contributed by atoms with Crippen molar-refractivity contribution in [3.63, 3.8) is 0 Å². The topological polar surface area (TPSA) is 61.5 Å². The molecule has 0 aliphatic heterocycles. The third-order valence-electron chi connectivity index (χ3n) is 2.48. The molecule has 0 radical (unpaired) electrons. The standard InChI is InChI=1S/C14H21NO3/c1-4-17-14(16)12-9-11(5-6-13(12)15)18-8-7-10(2)3/h5-6,9-10H,4,7-8,15H2,1-3H3. The van der Waals surface area contributed by atoms with E-state index in [1.807, 2.05) is 0 Å². The average Bonchev–Trinajstić information content (AvgIpc) is 2.31. The van der Waals surface area contributed by atoms with Gasteiger partial charge in [-0.2, -0.15) is 0 Å². The summed E-state index contributed by atoms with van der Waals surface area (Å²) < 4.78 is 10.5. The zero-order chi connectivity index (χ0) is 13.5. The van der Waals surface area contributed by atoms with Crippen LogP contribution in [0.2, 0.25) is 0 Å². The number of hydrogen-bond acceptors (Lipinski definition) is 4. The van der Waals surface area contributed by atoms with Gasteiger partial charge in [0.1, 0.15) is 5.75 Å². The zero-order valence-corrected chi connectivity index (χ0v) is 11.2. The van der Waals surface area contributed by atoms with E-state index in [0.29, 0.717) is 36.1 Å². The number of hydrogen-bond donors (Lipinski definition) is 1. The second-order valence-corrected chi connectivity index (χ2v) is 4.50. The Balaban J connectivity index is 2.71. The summed E-state index contributed by atoms with van der Waals surface area (Å²) in [6, 6.07) is 5.06. The number of anilines is 1. The Bertz CT molecular complexity index is 402. The minimum atomic E-state index is -0.413. The molecule has 0 aromatic heterocycles. The number of carbonyl (C=O) groups excluding carboxylic acids is 1. The summed E-state index contributed by atoms with van der Waals surface area (Å²) in [5, 5.41) is 0. The maximum absolute atomic E-state index is 11.6. The van der Waals surface area contributed by atoms with Crippen LogP contribution in [0.25, 0.3) is 0 Å². The van der Waals surface area contributed by atoms with Crippen LogP contribution in [0.5, 0.6) is 5.75 Å². The Labute approximate surface area is 108 Å². The molecule has 0 unspecified atom stereocenters. The molecule has 0 heterocycles. The number of benzene rings is 1. The van der Waals surface area contributed by atoms with E-state index < -0.39 is 5.97 Å². The van der Waals surface area contributed by atoms with Gasteiger partial charge in [0.25, 0.3) is 0 Å². The highest BCUT2D eigenvalue weighted by Gasteiger charge is 2.12. The largest absolute Gasteiger partial charge is 0.494 e. The molecule has 0 saturated carbocycles. The Morgan fingerprint density at radius 1 is 1.39 bits per heavy atom. The normalized spacial score (nSPS) is 10.4. The molecule has 2 N–H and O–H groups in total. The van der Waals surface area contributed by atoms with Crippen LogP contribution < -0.4 is 10.5 Å². The van der Waals surface area contributed by atoms with E-state index in [1.54, 1.807) is 25.1 Å². The molecule has 100 valence electrons. The van der Waals surface area contributed by atoms with Crippen molar-refractivity contribution in [3.8, 4) is 5.75 Å². The highest BCUT2D eigenvalue weighted by atomic mass is 16.5. The molecule has 0 fully saturated rings. The van der Waals surface area contributed by atoms with E-state index in [2.05, 4.69) is 13.8 Å². The number of nitrogen functional groups attached to an aromatic ring is 1. The first-order valence-corrected chi connectivity index (χ1v) is 6.24. The van der Waals surface area contributed by atoms with Gasteiger partial charge in [-0.05, 0) is 37.5 Å². The summed E-state index contributed by atoms with van der Waals surface area (Å²) in [5.74, 6) is 0.820. The highest BCUT2D eigenvalue weighted by Crippen LogP contribution is 2.21. The fraction of sp³-hybridized carbons (Fsp3) is 0.500. The van der Waals surface area contributed by atoms with Gasteiger partial charge in [-0.3, -0.25) is 0 Å². The van der Waals surface area contributed by atoms with Gasteiger partial charge in [0.2, 0.25) is 0 Å². The molecular weight excluding hydrogens is 230 g/mol. The minimum Gasteiger partial charge on any atom is -0.494 e. The first kappa shape index (κ1) is 14.4. The maximum atomic E-state index is 11.6. The SMILES string of the molecule is CCOC(=O)c1cc(OCCC(C)C)ccc1N. The van der Waals surface area contributed by atoms with Crippen LogP contribution in [0, 0.1) is 5.92 Å². The smallest absolute Gasteiger partial charge is 0.340 e. The van der Waals surface area contributed by atoms with Crippen molar-refractivity contribution in [2.24, 2.45) is 5.92 Å². The fourth-order valence-electron chi connectivity index (χ4n) is 1.42. The van der Waals surface area contributed by atoms with Crippen molar-refractivity contribution in [1.82, 2.24) is 0 Å². The van der Waals surface area contributed by atoms with Crippen molar-refractivity contribution < 1.29 is 14.3 Å². The van der Waals surface area contributed by atoms with Crippen molar-refractivity contribution in [3.05, 3.63) is 23.8 Å². The van der Waals surface area contributed by atoms with Crippen LogP contribution in [0.3, 0.4) is 0 Å². The van der Waals surface area contributed by atoms with Crippen LogP contribution in [0.15, 0.2) is 18.2 Å². The predicted molar refractivity (Wildman–Crippen MR) is 71.8 cm³/mol. The maximum Gasteiger partial charge on any atom is 0.340 e. The Kier molecular flexibility index (Phi) is 5.49. The van der Waals surface area contributed by atoms with E-state index in [4.69, 9.17) is 15.2 Å². The van der Waals surface area contributed by atoms with E-state index in [-0.39, 0.29) is 0 Å². The quantitative estimate of drug-likeness (QED) is 0.623. The zero-order valence-electron chi connectivity index (χ0n) is 11.2. The van der Waals surface area contributed by atoms with Gasteiger partial charge in [-0.25, -0.2) is 4.79 Å². The summed E-state index contributed by atoms with van der Waals surface area (Å²) in [4.78, 5) is 11.6. The van der Waals surface area contributed by atoms with Crippen molar-refractivity contribution in [2.45, 2.75) is 27.2 Å². The molecule has 0 atom stereocenters. The summed E-state index contributed by atoms with van der Waals surface area (Å²) in [6.45, 7) is 6.99. The second-order valence-electron chi connectivity index (χ2n) is 4.50. The Morgan fingerprint density at radius 3 is 2.72 bits per heavy atom. The van der Waals surface area contributed by atoms with E-state index >= 15 is 0 Å². The van der Waals surface area contributed by atoms with Crippen molar-refractivity contribution in [1.29, 1.82) is 0 Å². The third kappa shape index (κ3) is 4.28. The monoisotopic (exact) mass is 251 g/mol. The molecule has 0 aliphatic rings. The lowest BCUT2D eigenvalue weighted by atomic mass is 10.1. The molecule has 0 amide bonds. The van der Waals surface area contributed by atoms with Gasteiger partial charge < -0.3 is 15.2 Å². The third-order valence-corrected chi connectivity index (χ3v) is 2.48. The Morgan fingerprint density at radius 2 is 2.11 bits per heavy atom. The van der Waals surface area contributed by atoms with Crippen molar-refractivity contribution >= 4 is 11.7 Å². The molecule has 18 heavy (non-hydrogen) atoms. The number of nitrogens with two attached hydrogens (primary N) is 1. The number of ether oxygens (including phenoxy) is 2. The molecule has 1 rings (SSSR count). The van der Waals surface area contributed by atoms with Gasteiger partial charge in [0.05, 0.1) is 18.8 Å². The van der Waals surface area contributed by atoms with Crippen molar-refractivity contribution in [2.75, 3.05) is 18.9 Å². The molecule has 4 heteroatoms. The number of rotatable bonds is 6. The first-order chi connectivity index (χ1) is 8.54. The Hall–Kier alpha value is -1.71. The summed E-state index contributed by atoms with van der Waals surface area (Å²) in [7, 11) is 0. The lowest BCUT2D eigenvalue weighted by Gasteiger charge is -2.10. The predicted octanol–water partition coefficient (Wildman–Crippen LogP) is 2.87. The average molecular weight is 251 g/mol. The minimum absolute atomic E-state index is 0.330. The van der Waals surface area contributed by atoms with Gasteiger partial charge in [-0.15, -0.1) is 0 Å². The van der Waals surface area contributed by atoms with Crippen LogP contribution in [0.1, 0.15) is 37.6 Å². The molecule has 0 bridgehead atoms. The molecule has 1 aromatic rings. The van der Waals surface area contributed by atoms with Gasteiger partial charge in [0.15, 0.2) is 0 Å². The fourth-order valence-corrected chi connectivity index (χ4v) is 1.42. The molecule has 0 spiro atoms. The molecule has 0 saturated heterocycles. The summed E-state index contributed by atoms with van der Waals surface area (Å²) in [6.07, 6.45) is 0.971. The molecule has 0 aliphatic carbocycles. The van der Waals surface area contributed by atoms with E-state index in [1.165, 1.54) is 0 Å². The lowest BCUT2D eigenvalue weighted by molar-refractivity contribution is 0.0527. The number of esters is 1. The van der Waals surface area contributed by atoms with Crippen LogP contribution in [0.4, 0.5) is 5.69 Å². The summed E-state index contributed by atoms with van der Waals surface area (Å²) >= 11 is 0. The second kappa shape index (κ2) is 6.89. The van der Waals surface area contributed by atoms with Gasteiger partial charge in [-0.1, -0.05) is 13.8 Å². The van der Waals surface area contributed by atoms with Crippen LogP contribution >= 0.6 is 0 Å². The van der Waals surface area contributed by atoms with Crippen LogP contribution in [-0.2, 0) is 4.74 Å². The number of carbonyl (C=O) groups is 1. The van der Waals surface area contributed by atoms with Gasteiger partial charge >= 0.3 is 5.97 Å².